The molecule has 19 heavy (non-hydrogen) atoms. The van der Waals surface area contributed by atoms with Crippen LogP contribution in [0.5, 0.6) is 0 Å². The van der Waals surface area contributed by atoms with Gasteiger partial charge in [0.2, 0.25) is 10.0 Å². The van der Waals surface area contributed by atoms with E-state index in [0.29, 0.717) is 6.61 Å². The van der Waals surface area contributed by atoms with Gasteiger partial charge >= 0.3 is 5.97 Å². The second-order valence-electron chi connectivity index (χ2n) is 4.31. The summed E-state index contributed by atoms with van der Waals surface area (Å²) < 4.78 is 32.8. The number of sulfonamides is 1. The van der Waals surface area contributed by atoms with Crippen molar-refractivity contribution in [3.63, 3.8) is 0 Å². The molecule has 0 spiro atoms. The van der Waals surface area contributed by atoms with Gasteiger partial charge in [0.1, 0.15) is 6.61 Å². The number of hydrogen-bond donors (Lipinski definition) is 1. The third-order valence-electron chi connectivity index (χ3n) is 2.82. The maximum absolute atomic E-state index is 11.8. The fraction of sp³-hybridized carbons (Fsp3) is 0.417. The van der Waals surface area contributed by atoms with Crippen molar-refractivity contribution >= 4 is 16.0 Å². The summed E-state index contributed by atoms with van der Waals surface area (Å²) in [5.41, 5.74) is 0.157. The Morgan fingerprint density at radius 2 is 2.26 bits per heavy atom. The lowest BCUT2D eigenvalue weighted by atomic mass is 10.2. The van der Waals surface area contributed by atoms with Crippen molar-refractivity contribution in [3.05, 3.63) is 29.8 Å². The average molecular weight is 285 g/mol. The van der Waals surface area contributed by atoms with E-state index in [1.807, 2.05) is 0 Å². The third kappa shape index (κ3) is 3.76. The smallest absolute Gasteiger partial charge is 0.338 e. The molecule has 0 amide bonds. The minimum absolute atomic E-state index is 0.0645. The maximum Gasteiger partial charge on any atom is 0.338 e. The number of esters is 1. The summed E-state index contributed by atoms with van der Waals surface area (Å²) in [5, 5.41) is 5.00. The predicted octanol–water partition coefficient (Wildman–Crippen LogP) is 0.670. The number of carbonyl (C=O) groups is 1. The van der Waals surface area contributed by atoms with Crippen molar-refractivity contribution in [2.75, 3.05) is 13.2 Å². The van der Waals surface area contributed by atoms with Crippen LogP contribution >= 0.6 is 0 Å². The molecule has 1 aromatic carbocycles. The number of hydrogen-bond acceptors (Lipinski definition) is 5. The monoisotopic (exact) mass is 285 g/mol. The van der Waals surface area contributed by atoms with Crippen LogP contribution in [-0.2, 0) is 19.5 Å². The quantitative estimate of drug-likeness (QED) is 0.820. The highest BCUT2D eigenvalue weighted by molar-refractivity contribution is 7.89. The zero-order valence-corrected chi connectivity index (χ0v) is 11.1. The number of ether oxygens (including phenoxy) is 2. The Kier molecular flexibility index (Phi) is 4.18. The Morgan fingerprint density at radius 1 is 1.47 bits per heavy atom. The van der Waals surface area contributed by atoms with Crippen molar-refractivity contribution < 1.29 is 22.7 Å². The van der Waals surface area contributed by atoms with Crippen molar-refractivity contribution in [3.8, 4) is 0 Å². The van der Waals surface area contributed by atoms with Gasteiger partial charge in [0.15, 0.2) is 0 Å². The lowest BCUT2D eigenvalue weighted by Gasteiger charge is -2.10. The van der Waals surface area contributed by atoms with Crippen molar-refractivity contribution in [2.24, 2.45) is 5.14 Å². The lowest BCUT2D eigenvalue weighted by Crippen LogP contribution is -2.18. The van der Waals surface area contributed by atoms with Gasteiger partial charge in [-0.3, -0.25) is 0 Å². The van der Waals surface area contributed by atoms with Gasteiger partial charge in [0, 0.05) is 6.61 Å². The second-order valence-corrected chi connectivity index (χ2v) is 5.87. The van der Waals surface area contributed by atoms with E-state index in [1.165, 1.54) is 24.3 Å². The van der Waals surface area contributed by atoms with E-state index < -0.39 is 16.0 Å². The Balaban J connectivity index is 2.02. The Labute approximate surface area is 111 Å². The highest BCUT2D eigenvalue weighted by Crippen LogP contribution is 2.14. The van der Waals surface area contributed by atoms with Crippen LogP contribution in [0.2, 0.25) is 0 Å². The molecule has 0 saturated carbocycles. The first-order valence-corrected chi connectivity index (χ1v) is 7.43. The molecule has 1 aromatic rings. The van der Waals surface area contributed by atoms with E-state index in [4.69, 9.17) is 14.6 Å². The summed E-state index contributed by atoms with van der Waals surface area (Å²) in [5.74, 6) is -0.582. The van der Waals surface area contributed by atoms with Gasteiger partial charge in [-0.15, -0.1) is 0 Å². The largest absolute Gasteiger partial charge is 0.459 e. The van der Waals surface area contributed by atoms with Crippen LogP contribution in [0.25, 0.3) is 0 Å². The molecule has 0 aliphatic carbocycles. The summed E-state index contributed by atoms with van der Waals surface area (Å²) in [6, 6.07) is 5.45. The van der Waals surface area contributed by atoms with E-state index in [-0.39, 0.29) is 23.2 Å². The van der Waals surface area contributed by atoms with Gasteiger partial charge in [0.25, 0.3) is 0 Å². The second kappa shape index (κ2) is 5.68. The molecule has 2 N–H and O–H groups in total. The Hall–Kier alpha value is -1.44. The maximum atomic E-state index is 11.8. The molecule has 104 valence electrons. The van der Waals surface area contributed by atoms with Gasteiger partial charge < -0.3 is 9.47 Å². The number of nitrogens with two attached hydrogens (primary N) is 1. The van der Waals surface area contributed by atoms with E-state index in [9.17, 15) is 13.2 Å². The summed E-state index contributed by atoms with van der Waals surface area (Å²) in [6.45, 7) is 0.863. The molecule has 1 unspecified atom stereocenters. The van der Waals surface area contributed by atoms with Crippen molar-refractivity contribution in [1.82, 2.24) is 0 Å². The van der Waals surface area contributed by atoms with Crippen molar-refractivity contribution in [1.29, 1.82) is 0 Å². The Bertz CT molecular complexity index is 563. The molecule has 2 rings (SSSR count). The van der Waals surface area contributed by atoms with Gasteiger partial charge in [-0.25, -0.2) is 18.4 Å². The van der Waals surface area contributed by atoms with Crippen LogP contribution in [0.1, 0.15) is 23.2 Å². The summed E-state index contributed by atoms with van der Waals surface area (Å²) >= 11 is 0. The fourth-order valence-corrected chi connectivity index (χ4v) is 2.39. The number of primary sulfonamides is 1. The minimum Gasteiger partial charge on any atom is -0.459 e. The van der Waals surface area contributed by atoms with E-state index >= 15 is 0 Å². The molecule has 1 aliphatic heterocycles. The first-order valence-electron chi connectivity index (χ1n) is 5.88. The molecule has 1 saturated heterocycles. The molecule has 7 heteroatoms. The fourth-order valence-electron chi connectivity index (χ4n) is 1.83. The summed E-state index contributed by atoms with van der Waals surface area (Å²) in [6.07, 6.45) is 1.76. The van der Waals surface area contributed by atoms with Crippen LogP contribution in [0.4, 0.5) is 0 Å². The topological polar surface area (TPSA) is 95.7 Å². The molecular formula is C12H15NO5S. The molecule has 1 aliphatic rings. The lowest BCUT2D eigenvalue weighted by molar-refractivity contribution is 0.0161. The third-order valence-corrected chi connectivity index (χ3v) is 3.73. The first-order chi connectivity index (χ1) is 8.97. The zero-order valence-electron chi connectivity index (χ0n) is 10.2. The number of rotatable bonds is 4. The van der Waals surface area contributed by atoms with Crippen LogP contribution in [0.15, 0.2) is 29.2 Å². The predicted molar refractivity (Wildman–Crippen MR) is 67.1 cm³/mol. The van der Waals surface area contributed by atoms with E-state index in [1.54, 1.807) is 0 Å². The van der Waals surface area contributed by atoms with Crippen molar-refractivity contribution in [2.45, 2.75) is 23.8 Å². The molecule has 1 heterocycles. The molecule has 1 atom stereocenters. The molecule has 0 aromatic heterocycles. The van der Waals surface area contributed by atoms with Gasteiger partial charge in [-0.2, -0.15) is 0 Å². The van der Waals surface area contributed by atoms with E-state index in [0.717, 1.165) is 12.8 Å². The average Bonchev–Trinajstić information content (AvgIpc) is 2.88. The van der Waals surface area contributed by atoms with Crippen LogP contribution < -0.4 is 5.14 Å². The van der Waals surface area contributed by atoms with Gasteiger partial charge in [0.05, 0.1) is 16.6 Å². The Morgan fingerprint density at radius 3 is 2.89 bits per heavy atom. The van der Waals surface area contributed by atoms with Gasteiger partial charge in [-0.1, -0.05) is 6.07 Å². The molecule has 0 radical (unpaired) electrons. The normalized spacial score (nSPS) is 19.3. The van der Waals surface area contributed by atoms with E-state index in [2.05, 4.69) is 0 Å². The highest BCUT2D eigenvalue weighted by atomic mass is 32.2. The first kappa shape index (κ1) is 14.0. The number of benzene rings is 1. The molecule has 1 fully saturated rings. The van der Waals surface area contributed by atoms with Crippen LogP contribution in [0, 0.1) is 0 Å². The highest BCUT2D eigenvalue weighted by Gasteiger charge is 2.19. The van der Waals surface area contributed by atoms with Gasteiger partial charge in [-0.05, 0) is 31.0 Å². The summed E-state index contributed by atoms with van der Waals surface area (Å²) in [7, 11) is -3.82. The molecule has 6 nitrogen and oxygen atoms in total. The zero-order chi connectivity index (χ0) is 13.9. The SMILES string of the molecule is NS(=O)(=O)c1cccc(C(=O)OCC2CCCO2)c1. The standard InChI is InChI=1S/C12H15NO5S/c13-19(15,16)11-5-1-3-9(7-11)12(14)18-8-10-4-2-6-17-10/h1,3,5,7,10H,2,4,6,8H2,(H2,13,15,16). The van der Waals surface area contributed by atoms with Crippen LogP contribution in [0.3, 0.4) is 0 Å². The summed E-state index contributed by atoms with van der Waals surface area (Å²) in [4.78, 5) is 11.7. The number of carbonyl (C=O) groups excluding carboxylic acids is 1. The molecule has 0 bridgehead atoms. The van der Waals surface area contributed by atoms with Crippen LogP contribution in [-0.4, -0.2) is 33.7 Å². The molecular weight excluding hydrogens is 270 g/mol. The minimum atomic E-state index is -3.82.